The van der Waals surface area contributed by atoms with Crippen LogP contribution >= 0.6 is 0 Å². The number of sulfonamides is 1. The van der Waals surface area contributed by atoms with Crippen LogP contribution in [0.1, 0.15) is 32.8 Å². The molecule has 2 rings (SSSR count). The summed E-state index contributed by atoms with van der Waals surface area (Å²) in [5, 5.41) is 0. The quantitative estimate of drug-likeness (QED) is 0.813. The van der Waals surface area contributed by atoms with Gasteiger partial charge in [0.2, 0.25) is 15.9 Å². The summed E-state index contributed by atoms with van der Waals surface area (Å²) in [6, 6.07) is 5.86. The lowest BCUT2D eigenvalue weighted by molar-refractivity contribution is -0.134. The van der Waals surface area contributed by atoms with Crippen molar-refractivity contribution >= 4 is 15.9 Å². The minimum Gasteiger partial charge on any atom is -0.334 e. The van der Waals surface area contributed by atoms with Gasteiger partial charge in [0.05, 0.1) is 5.75 Å². The third-order valence-corrected chi connectivity index (χ3v) is 6.33. The molecule has 1 amide bonds. The van der Waals surface area contributed by atoms with Gasteiger partial charge in [0.1, 0.15) is 5.82 Å². The monoisotopic (exact) mass is 356 g/mol. The first kappa shape index (κ1) is 18.9. The van der Waals surface area contributed by atoms with Crippen molar-refractivity contribution in [1.82, 2.24) is 9.21 Å². The third-order valence-electron chi connectivity index (χ3n) is 4.48. The molecule has 0 radical (unpaired) electrons. The first-order valence-corrected chi connectivity index (χ1v) is 9.87. The van der Waals surface area contributed by atoms with E-state index in [9.17, 15) is 17.6 Å². The molecule has 0 unspecified atom stereocenters. The topological polar surface area (TPSA) is 57.7 Å². The van der Waals surface area contributed by atoms with Crippen LogP contribution in [0, 0.1) is 11.7 Å². The first-order chi connectivity index (χ1) is 11.2. The predicted molar refractivity (Wildman–Crippen MR) is 91.2 cm³/mol. The normalized spacial score (nSPS) is 20.5. The highest BCUT2D eigenvalue weighted by Crippen LogP contribution is 2.22. The van der Waals surface area contributed by atoms with E-state index in [0.29, 0.717) is 13.1 Å². The van der Waals surface area contributed by atoms with Gasteiger partial charge in [0, 0.05) is 32.1 Å². The SMILES string of the molecule is CCS(=O)(=O)N1CCC(=O)N(Cc2ccc(F)cc2)[C@H](C(C)C)C1. The van der Waals surface area contributed by atoms with Gasteiger partial charge in [-0.3, -0.25) is 4.79 Å². The summed E-state index contributed by atoms with van der Waals surface area (Å²) >= 11 is 0. The van der Waals surface area contributed by atoms with Gasteiger partial charge >= 0.3 is 0 Å². The van der Waals surface area contributed by atoms with Gasteiger partial charge in [0.15, 0.2) is 0 Å². The van der Waals surface area contributed by atoms with Crippen molar-refractivity contribution in [2.75, 3.05) is 18.8 Å². The van der Waals surface area contributed by atoms with E-state index >= 15 is 0 Å². The minimum atomic E-state index is -3.33. The van der Waals surface area contributed by atoms with Gasteiger partial charge in [0.25, 0.3) is 0 Å². The smallest absolute Gasteiger partial charge is 0.224 e. The summed E-state index contributed by atoms with van der Waals surface area (Å²) in [5.41, 5.74) is 0.835. The maximum absolute atomic E-state index is 13.1. The second-order valence-electron chi connectivity index (χ2n) is 6.47. The lowest BCUT2D eigenvalue weighted by Gasteiger charge is -2.34. The van der Waals surface area contributed by atoms with Crippen LogP contribution in [0.5, 0.6) is 0 Å². The molecule has 1 aromatic rings. The zero-order chi connectivity index (χ0) is 17.9. The van der Waals surface area contributed by atoms with Crippen molar-refractivity contribution in [3.63, 3.8) is 0 Å². The molecule has 7 heteroatoms. The number of halogens is 1. The molecule has 1 heterocycles. The van der Waals surface area contributed by atoms with Gasteiger partial charge in [-0.1, -0.05) is 26.0 Å². The molecule has 0 saturated carbocycles. The molecule has 1 atom stereocenters. The Morgan fingerprint density at radius 3 is 2.42 bits per heavy atom. The molecule has 1 aliphatic rings. The van der Waals surface area contributed by atoms with Crippen LogP contribution in [-0.4, -0.2) is 48.4 Å². The molecular formula is C17H25FN2O3S. The summed E-state index contributed by atoms with van der Waals surface area (Å²) < 4.78 is 39.0. The molecule has 0 N–H and O–H groups in total. The van der Waals surface area contributed by atoms with Crippen LogP contribution in [0.3, 0.4) is 0 Å². The molecule has 0 bridgehead atoms. The van der Waals surface area contributed by atoms with Crippen molar-refractivity contribution in [2.24, 2.45) is 5.92 Å². The molecule has 0 spiro atoms. The number of carbonyl (C=O) groups is 1. The number of hydrogen-bond donors (Lipinski definition) is 0. The lowest BCUT2D eigenvalue weighted by atomic mass is 10.0. The third kappa shape index (κ3) is 4.33. The highest BCUT2D eigenvalue weighted by atomic mass is 32.2. The van der Waals surface area contributed by atoms with Crippen molar-refractivity contribution in [2.45, 2.75) is 39.8 Å². The summed E-state index contributed by atoms with van der Waals surface area (Å²) in [5.74, 6) is -0.236. The second-order valence-corrected chi connectivity index (χ2v) is 8.73. The fraction of sp³-hybridized carbons (Fsp3) is 0.588. The van der Waals surface area contributed by atoms with E-state index in [2.05, 4.69) is 0 Å². The van der Waals surface area contributed by atoms with Crippen molar-refractivity contribution in [1.29, 1.82) is 0 Å². The molecule has 0 aromatic heterocycles. The number of benzene rings is 1. The average molecular weight is 356 g/mol. The highest BCUT2D eigenvalue weighted by Gasteiger charge is 2.35. The zero-order valence-electron chi connectivity index (χ0n) is 14.4. The van der Waals surface area contributed by atoms with E-state index in [1.807, 2.05) is 13.8 Å². The van der Waals surface area contributed by atoms with Gasteiger partial charge in [-0.25, -0.2) is 12.8 Å². The Morgan fingerprint density at radius 2 is 1.88 bits per heavy atom. The first-order valence-electron chi connectivity index (χ1n) is 8.26. The number of nitrogens with zero attached hydrogens (tertiary/aromatic N) is 2. The minimum absolute atomic E-state index is 0.0317. The van der Waals surface area contributed by atoms with Crippen LogP contribution in [-0.2, 0) is 21.4 Å². The molecule has 5 nitrogen and oxygen atoms in total. The van der Waals surface area contributed by atoms with Crippen molar-refractivity contribution < 1.29 is 17.6 Å². The van der Waals surface area contributed by atoms with Crippen LogP contribution in [0.4, 0.5) is 4.39 Å². The van der Waals surface area contributed by atoms with Crippen LogP contribution in [0.15, 0.2) is 24.3 Å². The summed E-state index contributed by atoms with van der Waals surface area (Å²) in [6.45, 7) is 6.47. The fourth-order valence-electron chi connectivity index (χ4n) is 2.95. The maximum atomic E-state index is 13.1. The molecule has 24 heavy (non-hydrogen) atoms. The Morgan fingerprint density at radius 1 is 1.25 bits per heavy atom. The fourth-order valence-corrected chi connectivity index (χ4v) is 4.06. The van der Waals surface area contributed by atoms with Crippen LogP contribution in [0.25, 0.3) is 0 Å². The van der Waals surface area contributed by atoms with Crippen molar-refractivity contribution in [3.8, 4) is 0 Å². The van der Waals surface area contributed by atoms with Gasteiger partial charge in [-0.2, -0.15) is 4.31 Å². The summed E-state index contributed by atoms with van der Waals surface area (Å²) in [7, 11) is -3.33. The van der Waals surface area contributed by atoms with Gasteiger partial charge < -0.3 is 4.90 Å². The zero-order valence-corrected chi connectivity index (χ0v) is 15.2. The van der Waals surface area contributed by atoms with E-state index in [4.69, 9.17) is 0 Å². The Kier molecular flexibility index (Phi) is 5.98. The lowest BCUT2D eigenvalue weighted by Crippen LogP contribution is -2.47. The maximum Gasteiger partial charge on any atom is 0.224 e. The number of carbonyl (C=O) groups excluding carboxylic acids is 1. The Labute approximate surface area is 143 Å². The molecule has 1 aliphatic heterocycles. The largest absolute Gasteiger partial charge is 0.334 e. The van der Waals surface area contributed by atoms with Gasteiger partial charge in [-0.15, -0.1) is 0 Å². The number of amides is 1. The summed E-state index contributed by atoms with van der Waals surface area (Å²) in [4.78, 5) is 14.3. The van der Waals surface area contributed by atoms with E-state index in [0.717, 1.165) is 5.56 Å². The molecular weight excluding hydrogens is 331 g/mol. The van der Waals surface area contributed by atoms with E-state index in [1.165, 1.54) is 16.4 Å². The molecule has 134 valence electrons. The molecule has 0 aliphatic carbocycles. The van der Waals surface area contributed by atoms with Crippen molar-refractivity contribution in [3.05, 3.63) is 35.6 Å². The Bertz CT molecular complexity index is 674. The molecule has 1 saturated heterocycles. The average Bonchev–Trinajstić information content (AvgIpc) is 2.70. The number of rotatable bonds is 5. The van der Waals surface area contributed by atoms with Crippen LogP contribution in [0.2, 0.25) is 0 Å². The predicted octanol–water partition coefficient (Wildman–Crippen LogP) is 2.23. The second kappa shape index (κ2) is 7.61. The standard InChI is InChI=1S/C17H25FN2O3S/c1-4-24(22,23)19-10-9-17(21)20(16(12-19)13(2)3)11-14-5-7-15(18)8-6-14/h5-8,13,16H,4,9-12H2,1-3H3/t16-/m0/s1. The van der Waals surface area contributed by atoms with E-state index in [1.54, 1.807) is 24.0 Å². The van der Waals surface area contributed by atoms with Gasteiger partial charge in [-0.05, 0) is 30.5 Å². The highest BCUT2D eigenvalue weighted by molar-refractivity contribution is 7.89. The molecule has 1 aromatic carbocycles. The molecule has 1 fully saturated rings. The van der Waals surface area contributed by atoms with E-state index < -0.39 is 10.0 Å². The Balaban J connectivity index is 2.27. The number of hydrogen-bond acceptors (Lipinski definition) is 3. The van der Waals surface area contributed by atoms with E-state index in [-0.39, 0.29) is 42.4 Å². The van der Waals surface area contributed by atoms with Crippen LogP contribution < -0.4 is 0 Å². The Hall–Kier alpha value is -1.47. The summed E-state index contributed by atoms with van der Waals surface area (Å²) in [6.07, 6.45) is 0.170.